The lowest BCUT2D eigenvalue weighted by atomic mass is 9.71. The summed E-state index contributed by atoms with van der Waals surface area (Å²) in [6.45, 7) is 1.97. The van der Waals surface area contributed by atoms with Crippen LogP contribution < -0.4 is 10.1 Å². The zero-order valence-electron chi connectivity index (χ0n) is 22.2. The Labute approximate surface area is 226 Å². The number of aryl methyl sites for hydroxylation is 1. The van der Waals surface area contributed by atoms with Gasteiger partial charge in [-0.25, -0.2) is 9.78 Å². The van der Waals surface area contributed by atoms with Crippen LogP contribution in [0, 0.1) is 0 Å². The maximum absolute atomic E-state index is 14.0. The van der Waals surface area contributed by atoms with Crippen LogP contribution in [0.4, 0.5) is 0 Å². The van der Waals surface area contributed by atoms with E-state index in [1.165, 1.54) is 0 Å². The lowest BCUT2D eigenvalue weighted by Gasteiger charge is -2.37. The smallest absolute Gasteiger partial charge is 0.337 e. The number of esters is 1. The number of nitrogens with zero attached hydrogens (tertiary/aromatic N) is 2. The molecule has 2 N–H and O–H groups in total. The van der Waals surface area contributed by atoms with Crippen LogP contribution in [0.2, 0.25) is 0 Å². The third kappa shape index (κ3) is 4.31. The number of nitrogens with one attached hydrogen (secondary N) is 2. The number of aromatic nitrogens is 3. The molecule has 0 saturated carbocycles. The van der Waals surface area contributed by atoms with Crippen LogP contribution in [0.1, 0.15) is 48.4 Å². The Balaban J connectivity index is 1.43. The number of fused-ring (bicyclic) bond motifs is 1. The Bertz CT molecular complexity index is 1660. The Morgan fingerprint density at radius 2 is 1.92 bits per heavy atom. The number of ether oxygens (including phenoxy) is 2. The van der Waals surface area contributed by atoms with Crippen LogP contribution in [-0.2, 0) is 28.0 Å². The van der Waals surface area contributed by atoms with Crippen molar-refractivity contribution in [3.63, 3.8) is 0 Å². The number of carbonyl (C=O) groups excluding carboxylic acids is 2. The van der Waals surface area contributed by atoms with E-state index in [4.69, 9.17) is 9.47 Å². The minimum absolute atomic E-state index is 0.0154. The number of ketones is 1. The number of carbonyl (C=O) groups is 2. The number of hydrogen-bond donors (Lipinski definition) is 2. The van der Waals surface area contributed by atoms with E-state index in [2.05, 4.69) is 15.3 Å². The summed E-state index contributed by atoms with van der Waals surface area (Å²) in [6, 6.07) is 15.8. The molecule has 39 heavy (non-hydrogen) atoms. The lowest BCUT2D eigenvalue weighted by Crippen LogP contribution is -2.36. The largest absolute Gasteiger partial charge is 0.496 e. The first kappa shape index (κ1) is 24.7. The van der Waals surface area contributed by atoms with E-state index in [0.717, 1.165) is 39.2 Å². The van der Waals surface area contributed by atoms with Crippen molar-refractivity contribution in [2.45, 2.75) is 38.2 Å². The molecule has 0 bridgehead atoms. The van der Waals surface area contributed by atoms with Crippen LogP contribution >= 0.6 is 0 Å². The number of hydrogen-bond acceptors (Lipinski definition) is 6. The van der Waals surface area contributed by atoms with Gasteiger partial charge in [-0.3, -0.25) is 4.79 Å². The van der Waals surface area contributed by atoms with Crippen LogP contribution in [0.5, 0.6) is 5.75 Å². The summed E-state index contributed by atoms with van der Waals surface area (Å²) >= 11 is 0. The van der Waals surface area contributed by atoms with Gasteiger partial charge in [0.2, 0.25) is 0 Å². The number of Topliss-reactive ketones (excluding diaryl/α,β-unsaturated/α-hetero) is 1. The first-order valence-electron chi connectivity index (χ1n) is 13.0. The number of dihydropyridines is 1. The number of allylic oxidation sites excluding steroid dienone is 3. The van der Waals surface area contributed by atoms with Crippen LogP contribution in [-0.4, -0.2) is 33.4 Å². The fourth-order valence-corrected chi connectivity index (χ4v) is 5.95. The Kier molecular flexibility index (Phi) is 6.30. The molecule has 2 aromatic carbocycles. The van der Waals surface area contributed by atoms with E-state index in [-0.39, 0.29) is 18.3 Å². The van der Waals surface area contributed by atoms with Crippen molar-refractivity contribution in [3.8, 4) is 5.75 Å². The highest BCUT2D eigenvalue weighted by Gasteiger charge is 2.42. The zero-order valence-corrected chi connectivity index (χ0v) is 22.2. The summed E-state index contributed by atoms with van der Waals surface area (Å²) in [5, 5.41) is 4.41. The van der Waals surface area contributed by atoms with Gasteiger partial charge in [0, 0.05) is 59.4 Å². The summed E-state index contributed by atoms with van der Waals surface area (Å²) < 4.78 is 13.2. The van der Waals surface area contributed by atoms with E-state index in [0.29, 0.717) is 29.7 Å². The standard InChI is InChI=1S/C31H30N4O4/c1-18-28(31(37)39-16-20-15-32-17-35(20)2)29(23-8-6-9-24-22(23)11-12-33-24)30-25(34-18)13-19(14-26(30)36)21-7-4-5-10-27(21)38-3/h4-12,15,17,19,29,33-34H,13-14,16H2,1-3H3/t19-,29-/m1/s1. The molecule has 6 rings (SSSR count). The first-order valence-corrected chi connectivity index (χ1v) is 13.0. The molecule has 3 heterocycles. The number of methoxy groups -OCH3 is 1. The highest BCUT2D eigenvalue weighted by Crippen LogP contribution is 2.48. The van der Waals surface area contributed by atoms with Gasteiger partial charge in [-0.15, -0.1) is 0 Å². The van der Waals surface area contributed by atoms with Crippen molar-refractivity contribution in [3.05, 3.63) is 107 Å². The van der Waals surface area contributed by atoms with Crippen LogP contribution in [0.25, 0.3) is 10.9 Å². The van der Waals surface area contributed by atoms with Gasteiger partial charge in [0.1, 0.15) is 12.4 Å². The minimum Gasteiger partial charge on any atom is -0.496 e. The molecule has 2 aromatic heterocycles. The second-order valence-electron chi connectivity index (χ2n) is 10.1. The Hall–Kier alpha value is -4.59. The van der Waals surface area contributed by atoms with Crippen molar-refractivity contribution in [2.24, 2.45) is 7.05 Å². The number of benzene rings is 2. The number of aromatic amines is 1. The second kappa shape index (κ2) is 9.94. The maximum atomic E-state index is 14.0. The van der Waals surface area contributed by atoms with E-state index in [1.807, 2.05) is 73.3 Å². The highest BCUT2D eigenvalue weighted by atomic mass is 16.5. The van der Waals surface area contributed by atoms with Gasteiger partial charge in [0.25, 0.3) is 0 Å². The second-order valence-corrected chi connectivity index (χ2v) is 10.1. The quantitative estimate of drug-likeness (QED) is 0.345. The molecule has 0 saturated heterocycles. The molecule has 0 fully saturated rings. The summed E-state index contributed by atoms with van der Waals surface area (Å²) in [6.07, 6.45) is 6.19. The van der Waals surface area contributed by atoms with E-state index < -0.39 is 11.9 Å². The van der Waals surface area contributed by atoms with Gasteiger partial charge in [-0.2, -0.15) is 0 Å². The van der Waals surface area contributed by atoms with Gasteiger partial charge in [0.15, 0.2) is 5.78 Å². The molecule has 0 unspecified atom stereocenters. The molecule has 8 nitrogen and oxygen atoms in total. The lowest BCUT2D eigenvalue weighted by molar-refractivity contribution is -0.140. The van der Waals surface area contributed by atoms with Gasteiger partial charge >= 0.3 is 5.97 Å². The van der Waals surface area contributed by atoms with E-state index >= 15 is 0 Å². The normalized spacial score (nSPS) is 19.2. The average Bonchev–Trinajstić information content (AvgIpc) is 3.59. The maximum Gasteiger partial charge on any atom is 0.337 e. The number of rotatable bonds is 6. The highest BCUT2D eigenvalue weighted by molar-refractivity contribution is 6.05. The minimum atomic E-state index is -0.550. The van der Waals surface area contributed by atoms with Crippen molar-refractivity contribution in [2.75, 3.05) is 7.11 Å². The number of imidazole rings is 1. The van der Waals surface area contributed by atoms with Crippen molar-refractivity contribution in [1.29, 1.82) is 0 Å². The van der Waals surface area contributed by atoms with Gasteiger partial charge < -0.3 is 24.3 Å². The fraction of sp³-hybridized carbons (Fsp3) is 0.258. The van der Waals surface area contributed by atoms with Crippen molar-refractivity contribution in [1.82, 2.24) is 19.9 Å². The molecule has 2 atom stereocenters. The van der Waals surface area contributed by atoms with Crippen LogP contribution in [0.3, 0.4) is 0 Å². The molecule has 4 aromatic rings. The molecule has 0 amide bonds. The molecule has 8 heteroatoms. The zero-order chi connectivity index (χ0) is 27.1. The van der Waals surface area contributed by atoms with Gasteiger partial charge in [0.05, 0.1) is 30.9 Å². The summed E-state index contributed by atoms with van der Waals surface area (Å²) in [5.74, 6) is -0.247. The molecule has 198 valence electrons. The average molecular weight is 523 g/mol. The van der Waals surface area contributed by atoms with E-state index in [1.54, 1.807) is 19.6 Å². The summed E-state index contributed by atoms with van der Waals surface area (Å²) in [4.78, 5) is 35.1. The Morgan fingerprint density at radius 1 is 1.10 bits per heavy atom. The summed E-state index contributed by atoms with van der Waals surface area (Å²) in [5.41, 5.74) is 6.26. The van der Waals surface area contributed by atoms with E-state index in [9.17, 15) is 9.59 Å². The third-order valence-electron chi connectivity index (χ3n) is 7.83. The van der Waals surface area contributed by atoms with Crippen LogP contribution in [0.15, 0.2) is 89.8 Å². The molecular formula is C31H30N4O4. The predicted octanol–water partition coefficient (Wildman–Crippen LogP) is 5.02. The molecule has 1 aliphatic carbocycles. The fourth-order valence-electron chi connectivity index (χ4n) is 5.95. The first-order chi connectivity index (χ1) is 19.0. The van der Waals surface area contributed by atoms with Gasteiger partial charge in [-0.05, 0) is 42.7 Å². The predicted molar refractivity (Wildman–Crippen MR) is 147 cm³/mol. The topological polar surface area (TPSA) is 98.2 Å². The molecule has 0 spiro atoms. The molecule has 0 radical (unpaired) electrons. The molecule has 1 aliphatic heterocycles. The van der Waals surface area contributed by atoms with Crippen molar-refractivity contribution < 1.29 is 19.1 Å². The van der Waals surface area contributed by atoms with Gasteiger partial charge in [-0.1, -0.05) is 30.3 Å². The SMILES string of the molecule is COc1ccccc1[C@H]1CC(=O)C2=C(C1)NC(C)=C(C(=O)OCc1cncn1C)[C@H]2c1cccc2[nH]ccc12. The number of H-pyrrole nitrogens is 1. The summed E-state index contributed by atoms with van der Waals surface area (Å²) in [7, 11) is 3.51. The third-order valence-corrected chi connectivity index (χ3v) is 7.83. The number of para-hydroxylation sites is 1. The Morgan fingerprint density at radius 3 is 2.72 bits per heavy atom. The molecular weight excluding hydrogens is 492 g/mol. The molecule has 2 aliphatic rings. The monoisotopic (exact) mass is 522 g/mol. The van der Waals surface area contributed by atoms with Crippen molar-refractivity contribution >= 4 is 22.7 Å².